The molecule has 1 aliphatic rings. The van der Waals surface area contributed by atoms with E-state index < -0.39 is 11.9 Å². The zero-order valence-electron chi connectivity index (χ0n) is 15.7. The Kier molecular flexibility index (Phi) is 11.4. The number of carbonyl (C=O) groups excluding carboxylic acids is 2. The van der Waals surface area contributed by atoms with Gasteiger partial charge < -0.3 is 9.47 Å². The van der Waals surface area contributed by atoms with Crippen molar-refractivity contribution >= 4 is 11.9 Å². The molecule has 0 saturated heterocycles. The smallest absolute Gasteiger partial charge is 0.338 e. The summed E-state index contributed by atoms with van der Waals surface area (Å²) in [4.78, 5) is 24.7. The molecule has 140 valence electrons. The van der Waals surface area contributed by atoms with Crippen LogP contribution in [0.4, 0.5) is 0 Å². The van der Waals surface area contributed by atoms with Crippen LogP contribution in [0.15, 0.2) is 35.5 Å². The van der Waals surface area contributed by atoms with Crippen molar-refractivity contribution in [2.45, 2.75) is 71.6 Å². The van der Waals surface area contributed by atoms with Gasteiger partial charge in [-0.3, -0.25) is 0 Å². The lowest BCUT2D eigenvalue weighted by atomic mass is 10.1. The molecule has 25 heavy (non-hydrogen) atoms. The number of hydrogen-bond donors (Lipinski definition) is 0. The molecule has 0 fully saturated rings. The van der Waals surface area contributed by atoms with Gasteiger partial charge in [-0.25, -0.2) is 9.59 Å². The fourth-order valence-electron chi connectivity index (χ4n) is 2.53. The fraction of sp³-hybridized carbons (Fsp3) is 0.619. The highest BCUT2D eigenvalue weighted by Gasteiger charge is 2.20. The summed E-state index contributed by atoms with van der Waals surface area (Å²) in [5.41, 5.74) is 0.589. The molecule has 0 aromatic carbocycles. The first kappa shape index (κ1) is 21.2. The van der Waals surface area contributed by atoms with Crippen LogP contribution in [0.5, 0.6) is 0 Å². The molecule has 0 amide bonds. The molecule has 0 bridgehead atoms. The largest absolute Gasteiger partial charge is 0.462 e. The van der Waals surface area contributed by atoms with E-state index in [-0.39, 0.29) is 0 Å². The summed E-state index contributed by atoms with van der Waals surface area (Å²) in [5.74, 6) is -0.894. The van der Waals surface area contributed by atoms with E-state index in [2.05, 4.69) is 13.8 Å². The van der Waals surface area contributed by atoms with E-state index in [0.29, 0.717) is 30.8 Å². The van der Waals surface area contributed by atoms with E-state index in [9.17, 15) is 9.59 Å². The van der Waals surface area contributed by atoms with Gasteiger partial charge in [-0.2, -0.15) is 0 Å². The minimum atomic E-state index is -0.447. The monoisotopic (exact) mass is 348 g/mol. The van der Waals surface area contributed by atoms with Gasteiger partial charge in [-0.15, -0.1) is 0 Å². The molecule has 0 saturated carbocycles. The van der Waals surface area contributed by atoms with Crippen LogP contribution in [0.3, 0.4) is 0 Å². The summed E-state index contributed by atoms with van der Waals surface area (Å²) in [6.07, 6.45) is 16.1. The molecule has 0 spiro atoms. The Morgan fingerprint density at radius 2 is 1.20 bits per heavy atom. The molecule has 0 aromatic rings. The van der Waals surface area contributed by atoms with Gasteiger partial charge in [0.2, 0.25) is 0 Å². The average molecular weight is 348 g/mol. The highest BCUT2D eigenvalue weighted by Crippen LogP contribution is 2.17. The predicted octanol–water partition coefficient (Wildman–Crippen LogP) is 5.05. The van der Waals surface area contributed by atoms with Gasteiger partial charge in [-0.1, -0.05) is 76.7 Å². The Morgan fingerprint density at radius 3 is 1.60 bits per heavy atom. The number of unbranched alkanes of at least 4 members (excludes halogenated alkanes) is 6. The van der Waals surface area contributed by atoms with Crippen molar-refractivity contribution < 1.29 is 19.1 Å². The third-order valence-corrected chi connectivity index (χ3v) is 4.03. The molecule has 4 heteroatoms. The van der Waals surface area contributed by atoms with Crippen molar-refractivity contribution in [2.24, 2.45) is 0 Å². The molecule has 1 aliphatic carbocycles. The number of carbonyl (C=O) groups is 2. The number of hydrogen-bond acceptors (Lipinski definition) is 4. The molecule has 0 radical (unpaired) electrons. The maximum atomic E-state index is 12.3. The third-order valence-electron chi connectivity index (χ3n) is 4.03. The summed E-state index contributed by atoms with van der Waals surface area (Å²) in [5, 5.41) is 0. The molecule has 0 N–H and O–H groups in total. The van der Waals surface area contributed by atoms with E-state index in [1.54, 1.807) is 12.2 Å². The molecule has 0 aromatic heterocycles. The van der Waals surface area contributed by atoms with Gasteiger partial charge in [0.1, 0.15) is 0 Å². The summed E-state index contributed by atoms with van der Waals surface area (Å²) < 4.78 is 10.7. The molecule has 1 rings (SSSR count). The van der Waals surface area contributed by atoms with Gasteiger partial charge in [-0.05, 0) is 19.3 Å². The molecule has 0 heterocycles. The van der Waals surface area contributed by atoms with E-state index in [1.807, 2.05) is 12.2 Å². The number of allylic oxidation sites excluding steroid dienone is 2. The molecular weight excluding hydrogens is 316 g/mol. The minimum absolute atomic E-state index is 0.294. The van der Waals surface area contributed by atoms with Gasteiger partial charge in [0.05, 0.1) is 24.4 Å². The van der Waals surface area contributed by atoms with E-state index in [1.165, 1.54) is 0 Å². The van der Waals surface area contributed by atoms with E-state index in [0.717, 1.165) is 51.4 Å². The molecule has 0 unspecified atom stereocenters. The predicted molar refractivity (Wildman–Crippen MR) is 100 cm³/mol. The van der Waals surface area contributed by atoms with Crippen LogP contribution < -0.4 is 0 Å². The quantitative estimate of drug-likeness (QED) is 0.366. The average Bonchev–Trinajstić information content (AvgIpc) is 2.87. The van der Waals surface area contributed by atoms with Gasteiger partial charge in [0.25, 0.3) is 0 Å². The Bertz CT molecular complexity index is 456. The van der Waals surface area contributed by atoms with Crippen LogP contribution in [0.1, 0.15) is 71.6 Å². The molecule has 0 atom stereocenters. The van der Waals surface area contributed by atoms with Crippen molar-refractivity contribution in [3.63, 3.8) is 0 Å². The standard InChI is InChI=1S/C21H32O4/c1-3-5-7-12-16-24-20(22)18-14-10-9-11-15-19(18)21(23)25-17-13-8-6-4-2/h10-11,14-15H,3-9,12-13,16-17H2,1-2H3. The minimum Gasteiger partial charge on any atom is -0.462 e. The topological polar surface area (TPSA) is 52.6 Å². The number of esters is 2. The van der Waals surface area contributed by atoms with Gasteiger partial charge in [0.15, 0.2) is 0 Å². The fourth-order valence-corrected chi connectivity index (χ4v) is 2.53. The first-order valence-electron chi connectivity index (χ1n) is 9.62. The zero-order valence-corrected chi connectivity index (χ0v) is 15.7. The van der Waals surface area contributed by atoms with Crippen LogP contribution in [0, 0.1) is 0 Å². The first-order valence-corrected chi connectivity index (χ1v) is 9.62. The molecule has 0 aliphatic heterocycles. The number of ether oxygens (including phenoxy) is 2. The lowest BCUT2D eigenvalue weighted by Crippen LogP contribution is -2.15. The second-order valence-corrected chi connectivity index (χ2v) is 6.26. The summed E-state index contributed by atoms with van der Waals surface area (Å²) in [6, 6.07) is 0. The second kappa shape index (κ2) is 13.5. The second-order valence-electron chi connectivity index (χ2n) is 6.26. The SMILES string of the molecule is CCCCCCOC(=O)C1=C(C(=O)OCCCCCC)C=CCC=C1. The van der Waals surface area contributed by atoms with Crippen molar-refractivity contribution in [1.29, 1.82) is 0 Å². The van der Waals surface area contributed by atoms with Crippen LogP contribution in [-0.4, -0.2) is 25.2 Å². The highest BCUT2D eigenvalue weighted by atomic mass is 16.5. The van der Waals surface area contributed by atoms with Crippen LogP contribution in [0.2, 0.25) is 0 Å². The zero-order chi connectivity index (χ0) is 18.3. The van der Waals surface area contributed by atoms with Gasteiger partial charge >= 0.3 is 11.9 Å². The Morgan fingerprint density at radius 1 is 0.760 bits per heavy atom. The van der Waals surface area contributed by atoms with Gasteiger partial charge in [0, 0.05) is 0 Å². The van der Waals surface area contributed by atoms with Crippen LogP contribution >= 0.6 is 0 Å². The summed E-state index contributed by atoms with van der Waals surface area (Å²) >= 11 is 0. The Hall–Kier alpha value is -1.84. The Balaban J connectivity index is 2.60. The summed E-state index contributed by atoms with van der Waals surface area (Å²) in [6.45, 7) is 5.05. The van der Waals surface area contributed by atoms with Crippen molar-refractivity contribution in [3.8, 4) is 0 Å². The Labute approximate surface area is 152 Å². The lowest BCUT2D eigenvalue weighted by Gasteiger charge is -2.10. The van der Waals surface area contributed by atoms with Crippen molar-refractivity contribution in [2.75, 3.05) is 13.2 Å². The highest BCUT2D eigenvalue weighted by molar-refractivity contribution is 6.04. The number of rotatable bonds is 12. The summed E-state index contributed by atoms with van der Waals surface area (Å²) in [7, 11) is 0. The van der Waals surface area contributed by atoms with Crippen molar-refractivity contribution in [1.82, 2.24) is 0 Å². The van der Waals surface area contributed by atoms with E-state index in [4.69, 9.17) is 9.47 Å². The van der Waals surface area contributed by atoms with Crippen molar-refractivity contribution in [3.05, 3.63) is 35.5 Å². The lowest BCUT2D eigenvalue weighted by molar-refractivity contribution is -0.141. The van der Waals surface area contributed by atoms with E-state index >= 15 is 0 Å². The maximum Gasteiger partial charge on any atom is 0.338 e. The normalized spacial score (nSPS) is 13.7. The third kappa shape index (κ3) is 8.71. The first-order chi connectivity index (χ1) is 12.2. The van der Waals surface area contributed by atoms with Crippen LogP contribution in [0.25, 0.3) is 0 Å². The molecular formula is C21H32O4. The van der Waals surface area contributed by atoms with Crippen LogP contribution in [-0.2, 0) is 19.1 Å². The maximum absolute atomic E-state index is 12.3. The molecule has 4 nitrogen and oxygen atoms in total.